The van der Waals surface area contributed by atoms with Gasteiger partial charge in [-0.2, -0.15) is 0 Å². The van der Waals surface area contributed by atoms with Gasteiger partial charge in [0.15, 0.2) is 16.6 Å². The van der Waals surface area contributed by atoms with Gasteiger partial charge in [-0.1, -0.05) is 30.3 Å². The van der Waals surface area contributed by atoms with Crippen molar-refractivity contribution >= 4 is 45.8 Å². The Morgan fingerprint density at radius 3 is 1.88 bits per heavy atom. The molecule has 14 heteroatoms. The summed E-state index contributed by atoms with van der Waals surface area (Å²) in [6.45, 7) is 18.9. The molecule has 2 N–H and O–H groups in total. The van der Waals surface area contributed by atoms with Crippen molar-refractivity contribution in [1.82, 2.24) is 4.90 Å². The molecule has 2 atom stereocenters. The molecule has 12 nitrogen and oxygen atoms in total. The number of amides is 3. The van der Waals surface area contributed by atoms with E-state index in [0.29, 0.717) is 30.2 Å². The lowest BCUT2D eigenvalue weighted by atomic mass is 10.0. The average Bonchev–Trinajstić information content (AvgIpc) is 3.00. The summed E-state index contributed by atoms with van der Waals surface area (Å²) in [6, 6.07) is 21.6. The minimum absolute atomic E-state index is 0.0649. The number of para-hydroxylation sites is 1. The van der Waals surface area contributed by atoms with Crippen LogP contribution in [-0.2, 0) is 20.0 Å². The molecule has 0 aliphatic heterocycles. The van der Waals surface area contributed by atoms with Crippen LogP contribution in [0.25, 0.3) is 0 Å². The molecule has 0 saturated carbocycles. The number of urea groups is 1. The van der Waals surface area contributed by atoms with Crippen LogP contribution in [0, 0.1) is 10.1 Å². The number of benzene rings is 3. The van der Waals surface area contributed by atoms with Crippen molar-refractivity contribution in [3.8, 4) is 5.75 Å². The molecule has 0 bridgehead atoms. The first-order chi connectivity index (χ1) is 23.3. The fourth-order valence-electron chi connectivity index (χ4n) is 4.80. The number of hydrogen-bond donors (Lipinski definition) is 2. The number of carbonyl (C=O) groups is 2. The normalized spacial score (nSPS) is 13.1. The van der Waals surface area contributed by atoms with E-state index in [0.717, 1.165) is 5.56 Å². The molecule has 3 rings (SSSR count). The average molecular weight is 725 g/mol. The molecule has 0 radical (unpaired) electrons. The van der Waals surface area contributed by atoms with Gasteiger partial charge in [0, 0.05) is 23.5 Å². The number of nitro benzene ring substituents is 1. The van der Waals surface area contributed by atoms with Crippen molar-refractivity contribution in [3.05, 3.63) is 94.5 Å². The topological polar surface area (TPSA) is 142 Å². The first-order valence-corrected chi connectivity index (χ1v) is 23.5. The largest absolute Gasteiger partial charge is 0.491 e. The second kappa shape index (κ2) is 17.6. The Hall–Kier alpha value is -4.25. The SMILES string of the molecule is CC(C)(C)OC(=O)N(CC(COc1ccccc1)O[Si](C)(C)C)[C@H](CO[Si](C)(C)C)Cc1ccc(NC(=O)Nc2ccc([N+](=O)[O-])cc2)cc1. The molecule has 3 aromatic carbocycles. The predicted molar refractivity (Wildman–Crippen MR) is 202 cm³/mol. The van der Waals surface area contributed by atoms with Crippen molar-refractivity contribution in [2.24, 2.45) is 0 Å². The van der Waals surface area contributed by atoms with Gasteiger partial charge < -0.3 is 29.0 Å². The summed E-state index contributed by atoms with van der Waals surface area (Å²) in [5, 5.41) is 16.4. The molecule has 1 unspecified atom stereocenters. The maximum Gasteiger partial charge on any atom is 0.410 e. The van der Waals surface area contributed by atoms with Crippen LogP contribution in [0.2, 0.25) is 39.3 Å². The van der Waals surface area contributed by atoms with E-state index in [9.17, 15) is 19.7 Å². The zero-order valence-corrected chi connectivity index (χ0v) is 32.6. The van der Waals surface area contributed by atoms with Crippen molar-refractivity contribution < 1.29 is 32.8 Å². The van der Waals surface area contributed by atoms with E-state index < -0.39 is 51.4 Å². The van der Waals surface area contributed by atoms with Gasteiger partial charge in [0.2, 0.25) is 0 Å². The number of nitrogens with zero attached hydrogens (tertiary/aromatic N) is 2. The van der Waals surface area contributed by atoms with E-state index in [1.54, 1.807) is 17.0 Å². The molecule has 0 heterocycles. The van der Waals surface area contributed by atoms with Crippen LogP contribution in [-0.4, -0.2) is 76.1 Å². The fourth-order valence-corrected chi connectivity index (χ4v) is 6.64. The van der Waals surface area contributed by atoms with E-state index in [4.69, 9.17) is 18.3 Å². The quantitative estimate of drug-likeness (QED) is 0.0851. The molecular formula is C36H52N4O8Si2. The Balaban J connectivity index is 1.84. The predicted octanol–water partition coefficient (Wildman–Crippen LogP) is 8.54. The van der Waals surface area contributed by atoms with Crippen LogP contribution in [0.1, 0.15) is 26.3 Å². The molecule has 3 aromatic rings. The number of anilines is 2. The smallest absolute Gasteiger partial charge is 0.410 e. The molecule has 272 valence electrons. The minimum Gasteiger partial charge on any atom is -0.491 e. The van der Waals surface area contributed by atoms with Crippen molar-refractivity contribution in [2.45, 2.75) is 84.2 Å². The van der Waals surface area contributed by atoms with Crippen LogP contribution in [0.15, 0.2) is 78.9 Å². The highest BCUT2D eigenvalue weighted by Crippen LogP contribution is 2.22. The second-order valence-corrected chi connectivity index (χ2v) is 23.9. The highest BCUT2D eigenvalue weighted by Gasteiger charge is 2.34. The summed E-state index contributed by atoms with van der Waals surface area (Å²) in [5.74, 6) is 0.717. The van der Waals surface area contributed by atoms with E-state index in [2.05, 4.69) is 49.9 Å². The van der Waals surface area contributed by atoms with Crippen molar-refractivity contribution in [3.63, 3.8) is 0 Å². The van der Waals surface area contributed by atoms with E-state index in [-0.39, 0.29) is 18.8 Å². The van der Waals surface area contributed by atoms with Crippen LogP contribution < -0.4 is 15.4 Å². The number of carbonyl (C=O) groups excluding carboxylic acids is 2. The number of nitro groups is 1. The Labute approximate surface area is 297 Å². The lowest BCUT2D eigenvalue weighted by Gasteiger charge is -2.38. The molecule has 0 aromatic heterocycles. The zero-order chi connectivity index (χ0) is 37.1. The van der Waals surface area contributed by atoms with Gasteiger partial charge in [-0.05, 0) is 108 Å². The second-order valence-electron chi connectivity index (χ2n) is 15.0. The summed E-state index contributed by atoms with van der Waals surface area (Å²) >= 11 is 0. The Kier molecular flexibility index (Phi) is 14.2. The van der Waals surface area contributed by atoms with Gasteiger partial charge >= 0.3 is 12.1 Å². The highest BCUT2D eigenvalue weighted by atomic mass is 28.4. The lowest BCUT2D eigenvalue weighted by Crippen LogP contribution is -2.53. The molecule has 0 aliphatic rings. The number of hydrogen-bond acceptors (Lipinski definition) is 8. The first-order valence-electron chi connectivity index (χ1n) is 16.7. The van der Waals surface area contributed by atoms with Crippen LogP contribution >= 0.6 is 0 Å². The van der Waals surface area contributed by atoms with Crippen LogP contribution in [0.3, 0.4) is 0 Å². The third-order valence-corrected chi connectivity index (χ3v) is 8.97. The van der Waals surface area contributed by atoms with Gasteiger partial charge in [0.1, 0.15) is 18.0 Å². The summed E-state index contributed by atoms with van der Waals surface area (Å²) in [5.41, 5.74) is 1.10. The standard InChI is InChI=1S/C36H52N4O8Si2/c1-36(2,3)47-35(42)39(24-33(48-50(7,8)9)26-45-32-13-11-10-12-14-32)31(25-46-49(4,5)6)23-27-15-17-28(18-16-27)37-34(41)38-29-19-21-30(22-20-29)40(43)44/h10-22,31,33H,23-26H2,1-9H3,(H2,37,38,41)/t31-,33?/m0/s1. The molecular weight excluding hydrogens is 673 g/mol. The van der Waals surface area contributed by atoms with Crippen LogP contribution in [0.4, 0.5) is 26.7 Å². The third kappa shape index (κ3) is 15.1. The van der Waals surface area contributed by atoms with Crippen molar-refractivity contribution in [2.75, 3.05) is 30.4 Å². The Morgan fingerprint density at radius 2 is 1.38 bits per heavy atom. The summed E-state index contributed by atoms with van der Waals surface area (Å²) in [4.78, 5) is 38.7. The Bertz CT molecular complexity index is 1540. The molecule has 0 saturated heterocycles. The van der Waals surface area contributed by atoms with Gasteiger partial charge in [-0.25, -0.2) is 9.59 Å². The maximum absolute atomic E-state index is 14.0. The summed E-state index contributed by atoms with van der Waals surface area (Å²) in [6.07, 6.45) is -0.436. The van der Waals surface area contributed by atoms with Crippen LogP contribution in [0.5, 0.6) is 5.75 Å². The molecule has 3 amide bonds. The van der Waals surface area contributed by atoms with Gasteiger partial charge in [0.25, 0.3) is 5.69 Å². The van der Waals surface area contributed by atoms with Gasteiger partial charge in [-0.15, -0.1) is 0 Å². The summed E-state index contributed by atoms with van der Waals surface area (Å²) < 4.78 is 25.1. The van der Waals surface area contributed by atoms with E-state index in [1.807, 2.05) is 63.2 Å². The molecule has 0 fully saturated rings. The Morgan fingerprint density at radius 1 is 0.820 bits per heavy atom. The van der Waals surface area contributed by atoms with Crippen molar-refractivity contribution in [1.29, 1.82) is 0 Å². The number of rotatable bonds is 16. The third-order valence-electron chi connectivity index (χ3n) is 6.90. The lowest BCUT2D eigenvalue weighted by molar-refractivity contribution is -0.384. The number of nitrogens with one attached hydrogen (secondary N) is 2. The monoisotopic (exact) mass is 724 g/mol. The highest BCUT2D eigenvalue weighted by molar-refractivity contribution is 6.70. The minimum atomic E-state index is -2.07. The van der Waals surface area contributed by atoms with E-state index in [1.165, 1.54) is 24.3 Å². The first kappa shape index (κ1) is 40.2. The zero-order valence-electron chi connectivity index (χ0n) is 30.6. The van der Waals surface area contributed by atoms with Gasteiger partial charge in [0.05, 0.1) is 30.2 Å². The number of non-ortho nitro benzene ring substituents is 1. The number of ether oxygens (including phenoxy) is 2. The van der Waals surface area contributed by atoms with E-state index >= 15 is 0 Å². The molecule has 0 aliphatic carbocycles. The maximum atomic E-state index is 14.0. The fraction of sp³-hybridized carbons (Fsp3) is 0.444. The summed E-state index contributed by atoms with van der Waals surface area (Å²) in [7, 11) is -4.05. The molecule has 50 heavy (non-hydrogen) atoms. The molecule has 0 spiro atoms. The van der Waals surface area contributed by atoms with Gasteiger partial charge in [-0.3, -0.25) is 15.0 Å².